The van der Waals surface area contributed by atoms with Crippen LogP contribution in [0.2, 0.25) is 0 Å². The van der Waals surface area contributed by atoms with Gasteiger partial charge in [-0.1, -0.05) is 43.0 Å². The lowest BCUT2D eigenvalue weighted by Crippen LogP contribution is -2.19. The van der Waals surface area contributed by atoms with Gasteiger partial charge in [-0.2, -0.15) is 4.39 Å². The highest BCUT2D eigenvalue weighted by Crippen LogP contribution is 2.37. The van der Waals surface area contributed by atoms with Crippen molar-refractivity contribution in [2.24, 2.45) is 5.92 Å². The van der Waals surface area contributed by atoms with E-state index < -0.39 is 17.5 Å². The first-order valence-corrected chi connectivity index (χ1v) is 11.8. The van der Waals surface area contributed by atoms with Crippen molar-refractivity contribution in [2.75, 3.05) is 13.2 Å². The van der Waals surface area contributed by atoms with E-state index in [4.69, 9.17) is 9.47 Å². The highest BCUT2D eigenvalue weighted by Gasteiger charge is 2.23. The largest absolute Gasteiger partial charge is 0.491 e. The van der Waals surface area contributed by atoms with E-state index in [9.17, 15) is 13.2 Å². The lowest BCUT2D eigenvalue weighted by molar-refractivity contribution is 0.194. The summed E-state index contributed by atoms with van der Waals surface area (Å²) < 4.78 is 54.2. The lowest BCUT2D eigenvalue weighted by atomic mass is 9.79. The second-order valence-corrected chi connectivity index (χ2v) is 8.72. The third-order valence-corrected chi connectivity index (χ3v) is 6.55. The Kier molecular flexibility index (Phi) is 7.61. The van der Waals surface area contributed by atoms with E-state index in [1.54, 1.807) is 13.0 Å². The molecule has 3 aromatic carbocycles. The van der Waals surface area contributed by atoms with E-state index in [0.29, 0.717) is 18.4 Å². The first kappa shape index (κ1) is 23.9. The maximum atomic E-state index is 14.7. The van der Waals surface area contributed by atoms with Crippen LogP contribution in [0.1, 0.15) is 49.7 Å². The molecule has 0 aliphatic heterocycles. The van der Waals surface area contributed by atoms with E-state index in [0.717, 1.165) is 31.2 Å². The number of benzene rings is 3. The zero-order chi connectivity index (χ0) is 24.1. The molecule has 1 saturated carbocycles. The molecule has 3 aromatic rings. The summed E-state index contributed by atoms with van der Waals surface area (Å²) >= 11 is 0. The van der Waals surface area contributed by atoms with Gasteiger partial charge in [0.2, 0.25) is 5.82 Å². The Labute approximate surface area is 199 Å². The molecule has 0 N–H and O–H groups in total. The predicted molar refractivity (Wildman–Crippen MR) is 130 cm³/mol. The summed E-state index contributed by atoms with van der Waals surface area (Å²) in [5.74, 6) is -1.87. The summed E-state index contributed by atoms with van der Waals surface area (Å²) in [5.41, 5.74) is 2.69. The number of ether oxygens (including phenoxy) is 2. The smallest absolute Gasteiger partial charge is 0.201 e. The zero-order valence-electron chi connectivity index (χ0n) is 19.3. The van der Waals surface area contributed by atoms with E-state index in [1.165, 1.54) is 29.8 Å². The Morgan fingerprint density at radius 3 is 2.21 bits per heavy atom. The van der Waals surface area contributed by atoms with Crippen LogP contribution in [0.5, 0.6) is 11.5 Å². The monoisotopic (exact) mass is 466 g/mol. The van der Waals surface area contributed by atoms with Gasteiger partial charge in [0.05, 0.1) is 13.2 Å². The predicted octanol–water partition coefficient (Wildman–Crippen LogP) is 8.17. The molecule has 0 amide bonds. The van der Waals surface area contributed by atoms with Crippen molar-refractivity contribution < 1.29 is 22.6 Å². The third kappa shape index (κ3) is 5.30. The number of rotatable bonds is 8. The molecule has 34 heavy (non-hydrogen) atoms. The normalized spacial score (nSPS) is 17.9. The first-order chi connectivity index (χ1) is 16.5. The van der Waals surface area contributed by atoms with Crippen LogP contribution in [0.25, 0.3) is 17.2 Å². The SMILES string of the molecule is C=Cc1ccc(C2CCC(COc3ccc(-c4ccc(OCC)c(F)c4F)cc3F)CC2)cc1. The molecule has 0 radical (unpaired) electrons. The molecule has 0 unspecified atom stereocenters. The molecule has 178 valence electrons. The third-order valence-electron chi connectivity index (χ3n) is 6.55. The zero-order valence-corrected chi connectivity index (χ0v) is 19.3. The van der Waals surface area contributed by atoms with Crippen molar-refractivity contribution in [3.05, 3.63) is 89.8 Å². The van der Waals surface area contributed by atoms with Gasteiger partial charge in [0.25, 0.3) is 0 Å². The van der Waals surface area contributed by atoms with Crippen LogP contribution in [0.15, 0.2) is 61.2 Å². The Bertz CT molecular complexity index is 1130. The summed E-state index contributed by atoms with van der Waals surface area (Å²) in [4.78, 5) is 0. The molecule has 1 aliphatic carbocycles. The molecule has 5 heteroatoms. The van der Waals surface area contributed by atoms with Gasteiger partial charge >= 0.3 is 0 Å². The Morgan fingerprint density at radius 1 is 0.853 bits per heavy atom. The van der Waals surface area contributed by atoms with Crippen molar-refractivity contribution in [2.45, 2.75) is 38.5 Å². The van der Waals surface area contributed by atoms with Crippen molar-refractivity contribution in [3.8, 4) is 22.6 Å². The molecule has 1 aliphatic rings. The molecule has 2 nitrogen and oxygen atoms in total. The molecule has 0 aromatic heterocycles. The lowest BCUT2D eigenvalue weighted by Gasteiger charge is -2.29. The molecule has 4 rings (SSSR count). The number of halogens is 3. The second-order valence-electron chi connectivity index (χ2n) is 8.72. The quantitative estimate of drug-likeness (QED) is 0.333. The van der Waals surface area contributed by atoms with Gasteiger partial charge in [0, 0.05) is 5.56 Å². The highest BCUT2D eigenvalue weighted by atomic mass is 19.2. The van der Waals surface area contributed by atoms with Gasteiger partial charge in [0.1, 0.15) is 0 Å². The van der Waals surface area contributed by atoms with E-state index >= 15 is 0 Å². The minimum atomic E-state index is -1.08. The first-order valence-electron chi connectivity index (χ1n) is 11.8. The van der Waals surface area contributed by atoms with Crippen molar-refractivity contribution in [1.82, 2.24) is 0 Å². The summed E-state index contributed by atoms with van der Waals surface area (Å²) in [5, 5.41) is 0. The topological polar surface area (TPSA) is 18.5 Å². The molecular weight excluding hydrogens is 437 g/mol. The summed E-state index contributed by atoms with van der Waals surface area (Å²) in [6.45, 7) is 6.14. The van der Waals surface area contributed by atoms with Gasteiger partial charge in [-0.3, -0.25) is 0 Å². The fraction of sp³-hybridized carbons (Fsp3) is 0.310. The molecular formula is C29H29F3O2. The molecule has 0 saturated heterocycles. The van der Waals surface area contributed by atoms with Crippen LogP contribution in [0.3, 0.4) is 0 Å². The number of hydrogen-bond donors (Lipinski definition) is 0. The Morgan fingerprint density at radius 2 is 1.56 bits per heavy atom. The molecule has 0 bridgehead atoms. The molecule has 0 atom stereocenters. The standard InChI is InChI=1S/C29H29F3O2/c1-3-19-5-9-21(10-6-19)22-11-7-20(8-12-22)18-34-26-15-13-23(17-25(26)30)24-14-16-27(33-4-2)29(32)28(24)31/h3,5-6,9-10,13-17,20,22H,1,4,7-8,11-12,18H2,2H3. The van der Waals surface area contributed by atoms with Crippen LogP contribution in [-0.2, 0) is 0 Å². The van der Waals surface area contributed by atoms with Crippen LogP contribution < -0.4 is 9.47 Å². The van der Waals surface area contributed by atoms with Crippen molar-refractivity contribution in [1.29, 1.82) is 0 Å². The Balaban J connectivity index is 1.35. The van der Waals surface area contributed by atoms with Crippen LogP contribution in [-0.4, -0.2) is 13.2 Å². The van der Waals surface area contributed by atoms with Gasteiger partial charge < -0.3 is 9.47 Å². The minimum Gasteiger partial charge on any atom is -0.491 e. The summed E-state index contributed by atoms with van der Waals surface area (Å²) in [6, 6.07) is 15.5. The molecule has 0 spiro atoms. The molecule has 0 heterocycles. The van der Waals surface area contributed by atoms with Crippen LogP contribution in [0.4, 0.5) is 13.2 Å². The van der Waals surface area contributed by atoms with Crippen LogP contribution in [0, 0.1) is 23.4 Å². The van der Waals surface area contributed by atoms with E-state index in [-0.39, 0.29) is 29.2 Å². The second kappa shape index (κ2) is 10.8. The van der Waals surface area contributed by atoms with Gasteiger partial charge in [-0.25, -0.2) is 8.78 Å². The highest BCUT2D eigenvalue weighted by molar-refractivity contribution is 5.66. The van der Waals surface area contributed by atoms with E-state index in [1.807, 2.05) is 6.08 Å². The fourth-order valence-electron chi connectivity index (χ4n) is 4.58. The minimum absolute atomic E-state index is 0.0224. The average Bonchev–Trinajstić information content (AvgIpc) is 2.87. The Hall–Kier alpha value is -3.21. The van der Waals surface area contributed by atoms with Crippen molar-refractivity contribution in [3.63, 3.8) is 0 Å². The van der Waals surface area contributed by atoms with Gasteiger partial charge in [0.15, 0.2) is 23.1 Å². The van der Waals surface area contributed by atoms with Crippen molar-refractivity contribution >= 4 is 6.08 Å². The average molecular weight is 467 g/mol. The summed E-state index contributed by atoms with van der Waals surface area (Å²) in [7, 11) is 0. The van der Waals surface area contributed by atoms with E-state index in [2.05, 4.69) is 30.8 Å². The van der Waals surface area contributed by atoms with Gasteiger partial charge in [-0.15, -0.1) is 0 Å². The fourth-order valence-corrected chi connectivity index (χ4v) is 4.58. The van der Waals surface area contributed by atoms with Crippen LogP contribution >= 0.6 is 0 Å². The summed E-state index contributed by atoms with van der Waals surface area (Å²) in [6.07, 6.45) is 6.03. The maximum absolute atomic E-state index is 14.7. The number of hydrogen-bond acceptors (Lipinski definition) is 2. The molecule has 1 fully saturated rings. The maximum Gasteiger partial charge on any atom is 0.201 e. The van der Waals surface area contributed by atoms with Gasteiger partial charge in [-0.05, 0) is 85.4 Å².